The van der Waals surface area contributed by atoms with Crippen LogP contribution in [0, 0.1) is 5.92 Å². The summed E-state index contributed by atoms with van der Waals surface area (Å²) in [4.78, 5) is 26.3. The van der Waals surface area contributed by atoms with Gasteiger partial charge in [-0.2, -0.15) is 0 Å². The molecule has 10 heteroatoms. The quantitative estimate of drug-likeness (QED) is 0.113. The molecule has 2 aromatic carbocycles. The lowest BCUT2D eigenvalue weighted by atomic mass is 9.98. The molecule has 1 saturated heterocycles. The van der Waals surface area contributed by atoms with Crippen molar-refractivity contribution < 1.29 is 44.2 Å². The fourth-order valence-corrected chi connectivity index (χ4v) is 10.7. The molecule has 1 fully saturated rings. The Labute approximate surface area is 296 Å². The predicted molar refractivity (Wildman–Crippen MR) is 193 cm³/mol. The number of carbonyl (C=O) groups is 2. The van der Waals surface area contributed by atoms with Crippen LogP contribution >= 0.6 is 0 Å². The average molecular weight is 702 g/mol. The van der Waals surface area contributed by atoms with E-state index in [2.05, 4.69) is 52.0 Å². The van der Waals surface area contributed by atoms with Gasteiger partial charge in [-0.05, 0) is 42.6 Å². The van der Waals surface area contributed by atoms with Gasteiger partial charge in [-0.3, -0.25) is 4.79 Å². The van der Waals surface area contributed by atoms with Crippen LogP contribution in [0.5, 0.6) is 0 Å². The summed E-state index contributed by atoms with van der Waals surface area (Å²) >= 11 is 0. The number of hydrogen-bond donors (Lipinski definition) is 1. The number of aliphatic hydroxyl groups excluding tert-OH is 1. The second kappa shape index (κ2) is 18.5. The summed E-state index contributed by atoms with van der Waals surface area (Å²) in [7, 11) is -3.09. The third-order valence-electron chi connectivity index (χ3n) is 8.55. The highest BCUT2D eigenvalue weighted by atomic mass is 28.4. The largest absolute Gasteiger partial charge is 0.509 e. The molecule has 9 nitrogen and oxygen atoms in total. The van der Waals surface area contributed by atoms with Crippen LogP contribution in [0.3, 0.4) is 0 Å². The molecule has 6 atom stereocenters. The lowest BCUT2D eigenvalue weighted by Crippen LogP contribution is -2.68. The number of benzene rings is 2. The Balaban J connectivity index is 2.04. The summed E-state index contributed by atoms with van der Waals surface area (Å²) in [6, 6.07) is 20.2. The highest BCUT2D eigenvalue weighted by Gasteiger charge is 2.54. The summed E-state index contributed by atoms with van der Waals surface area (Å²) in [5, 5.41) is 13.3. The number of rotatable bonds is 16. The van der Waals surface area contributed by atoms with E-state index < -0.39 is 62.7 Å². The molecular formula is C39H60O9Si. The molecule has 274 valence electrons. The van der Waals surface area contributed by atoms with Crippen LogP contribution in [0.15, 0.2) is 60.7 Å². The molecule has 0 saturated carbocycles. The van der Waals surface area contributed by atoms with Crippen molar-refractivity contribution in [3.63, 3.8) is 0 Å². The fourth-order valence-electron chi connectivity index (χ4n) is 6.13. The van der Waals surface area contributed by atoms with Gasteiger partial charge in [0.2, 0.25) is 0 Å². The lowest BCUT2D eigenvalue weighted by Gasteiger charge is -2.47. The van der Waals surface area contributed by atoms with E-state index in [0.29, 0.717) is 6.61 Å². The number of esters is 1. The van der Waals surface area contributed by atoms with Gasteiger partial charge in [0.25, 0.3) is 8.32 Å². The Morgan fingerprint density at radius 2 is 1.45 bits per heavy atom. The van der Waals surface area contributed by atoms with Crippen molar-refractivity contribution in [2.24, 2.45) is 5.92 Å². The maximum atomic E-state index is 13.2. The van der Waals surface area contributed by atoms with E-state index in [1.54, 1.807) is 27.7 Å². The molecule has 2 unspecified atom stereocenters. The van der Waals surface area contributed by atoms with E-state index >= 15 is 0 Å². The minimum atomic E-state index is -3.09. The van der Waals surface area contributed by atoms with Gasteiger partial charge >= 0.3 is 12.1 Å². The highest BCUT2D eigenvalue weighted by Crippen LogP contribution is 2.38. The minimum absolute atomic E-state index is 0.0712. The summed E-state index contributed by atoms with van der Waals surface area (Å²) in [5.74, 6) is -1.45. The molecule has 0 aromatic heterocycles. The average Bonchev–Trinajstić information content (AvgIpc) is 3.06. The van der Waals surface area contributed by atoms with Gasteiger partial charge in [0, 0.05) is 7.98 Å². The van der Waals surface area contributed by atoms with Gasteiger partial charge < -0.3 is 33.2 Å². The Bertz CT molecular complexity index is 1260. The molecule has 1 aliphatic rings. The van der Waals surface area contributed by atoms with Crippen LogP contribution in [0.4, 0.5) is 4.79 Å². The number of hydrogen-bond acceptors (Lipinski definition) is 9. The number of ether oxygens (including phenoxy) is 5. The zero-order chi connectivity index (χ0) is 37.0. The van der Waals surface area contributed by atoms with Crippen molar-refractivity contribution in [3.05, 3.63) is 60.7 Å². The Hall–Kier alpha value is -2.76. The van der Waals surface area contributed by atoms with E-state index in [1.165, 1.54) is 6.42 Å². The van der Waals surface area contributed by atoms with Crippen molar-refractivity contribution in [3.8, 4) is 0 Å². The third kappa shape index (κ3) is 11.4. The molecular weight excluding hydrogens is 641 g/mol. The van der Waals surface area contributed by atoms with Crippen LogP contribution in [-0.4, -0.2) is 75.1 Å². The third-order valence-corrected chi connectivity index (χ3v) is 13.6. The molecule has 0 amide bonds. The first kappa shape index (κ1) is 39.0. The zero-order valence-corrected chi connectivity index (χ0v) is 31.8. The van der Waals surface area contributed by atoms with Crippen LogP contribution in [0.25, 0.3) is 0 Å². The van der Waals surface area contributed by atoms with Crippen molar-refractivity contribution in [1.29, 1.82) is 0 Å². The Morgan fingerprint density at radius 1 is 0.878 bits per heavy atom. The van der Waals surface area contributed by atoms with E-state index in [4.69, 9.17) is 29.5 Å². The van der Waals surface area contributed by atoms with Gasteiger partial charge in [-0.1, -0.05) is 134 Å². The molecule has 2 aromatic rings. The maximum absolute atomic E-state index is 13.2. The van der Waals surface area contributed by atoms with Crippen LogP contribution in [0.1, 0.15) is 102 Å². The van der Waals surface area contributed by atoms with Crippen molar-refractivity contribution in [2.75, 3.05) is 13.2 Å². The Morgan fingerprint density at radius 3 is 1.98 bits per heavy atom. The molecule has 0 spiro atoms. The van der Waals surface area contributed by atoms with E-state index in [0.717, 1.165) is 42.5 Å². The van der Waals surface area contributed by atoms with Crippen LogP contribution in [0.2, 0.25) is 5.04 Å². The second-order valence-electron chi connectivity index (χ2n) is 15.0. The zero-order valence-electron chi connectivity index (χ0n) is 31.8. The molecule has 0 radical (unpaired) electrons. The van der Waals surface area contributed by atoms with Gasteiger partial charge in [0.15, 0.2) is 18.5 Å². The predicted octanol–water partition coefficient (Wildman–Crippen LogP) is 6.91. The van der Waals surface area contributed by atoms with Gasteiger partial charge in [0.05, 0.1) is 12.5 Å². The van der Waals surface area contributed by atoms with Gasteiger partial charge in [-0.25, -0.2) is 4.79 Å². The van der Waals surface area contributed by atoms with E-state index in [9.17, 15) is 14.7 Å². The van der Waals surface area contributed by atoms with Crippen molar-refractivity contribution >= 4 is 30.8 Å². The van der Waals surface area contributed by atoms with Gasteiger partial charge in [0.1, 0.15) is 17.8 Å². The van der Waals surface area contributed by atoms with Crippen molar-refractivity contribution in [2.45, 2.75) is 142 Å². The van der Waals surface area contributed by atoms with Crippen LogP contribution in [-0.2, 0) is 32.9 Å². The smallest absolute Gasteiger partial charge is 0.455 e. The first-order valence-electron chi connectivity index (χ1n) is 18.4. The standard InChI is InChI=1S/C39H60O9Si/c1-10-11-12-13-14-21-26-43-36-32(40)34(47-37(42)48-38(4,5)6)33(46-35(41)28(2)3)31(45-36)27-44-49(39(7,8)9,29-22-17-15-18-23-29)30-24-19-16-20-25-30/h15-20,22-25,28,31-34,36,40H,10-14,21,26-27H2,1-9H3/t31-,32-,33-,34-,36?/m1/s1/i2D/t28?,31-,32-,33-,34-,36?. The Kier molecular flexibility index (Phi) is 14.7. The summed E-state index contributed by atoms with van der Waals surface area (Å²) in [5.41, 5.74) is -0.876. The maximum Gasteiger partial charge on any atom is 0.509 e. The number of carbonyl (C=O) groups excluding carboxylic acids is 2. The fraction of sp³-hybridized carbons (Fsp3) is 0.641. The molecule has 1 aliphatic heterocycles. The molecule has 49 heavy (non-hydrogen) atoms. The van der Waals surface area contributed by atoms with Crippen LogP contribution < -0.4 is 10.4 Å². The van der Waals surface area contributed by atoms with E-state index in [-0.39, 0.29) is 18.5 Å². The molecule has 1 heterocycles. The summed E-state index contributed by atoms with van der Waals surface area (Å²) < 4.78 is 44.7. The SMILES string of the molecule is [2H]CC(C)C(=O)O[C@H]1[C@H](OC(=O)OC(C)(C)C)[C@@H](O)C(OCCCCCCCC)O[C@@H]1CO[Si](c1ccccc1)(c1ccccc1)C(C)(C)C. The minimum Gasteiger partial charge on any atom is -0.455 e. The first-order valence-corrected chi connectivity index (χ1v) is 19.6. The van der Waals surface area contributed by atoms with Crippen molar-refractivity contribution in [1.82, 2.24) is 0 Å². The molecule has 1 N–H and O–H groups in total. The molecule has 0 aliphatic carbocycles. The highest BCUT2D eigenvalue weighted by molar-refractivity contribution is 6.99. The number of unbranched alkanes of at least 4 members (excludes halogenated alkanes) is 5. The van der Waals surface area contributed by atoms with E-state index in [1.807, 2.05) is 36.4 Å². The molecule has 0 bridgehead atoms. The monoisotopic (exact) mass is 701 g/mol. The first-order chi connectivity index (χ1) is 23.6. The lowest BCUT2D eigenvalue weighted by molar-refractivity contribution is -0.304. The van der Waals surface area contributed by atoms with Gasteiger partial charge in [-0.15, -0.1) is 0 Å². The normalized spacial score (nSPS) is 22.6. The molecule has 3 rings (SSSR count). The second-order valence-corrected chi connectivity index (χ2v) is 19.3. The summed E-state index contributed by atoms with van der Waals surface area (Å²) in [6.07, 6.45) is -1.14. The number of aliphatic hydroxyl groups is 1. The summed E-state index contributed by atoms with van der Waals surface area (Å²) in [6.45, 7) is 15.4. The topological polar surface area (TPSA) is 110 Å².